The molecule has 4 nitrogen and oxygen atoms in total. The van der Waals surface area contributed by atoms with E-state index in [4.69, 9.17) is 5.73 Å². The van der Waals surface area contributed by atoms with Crippen molar-refractivity contribution in [3.63, 3.8) is 0 Å². The third-order valence-electron chi connectivity index (χ3n) is 4.55. The summed E-state index contributed by atoms with van der Waals surface area (Å²) < 4.78 is 15.9. The topological polar surface area (TPSA) is 64.1 Å². The number of anilines is 1. The van der Waals surface area contributed by atoms with E-state index in [9.17, 15) is 9.50 Å². The molecule has 2 aromatic heterocycles. The molecular weight excluding hydrogens is 329 g/mol. The largest absolute Gasteiger partial charge is 0.507 e. The fraction of sp³-hybridized carbons (Fsp3) is 0.0952. The van der Waals surface area contributed by atoms with Gasteiger partial charge in [0.25, 0.3) is 0 Å². The zero-order chi connectivity index (χ0) is 18.3. The zero-order valence-electron chi connectivity index (χ0n) is 14.3. The van der Waals surface area contributed by atoms with Crippen LogP contribution in [0.25, 0.3) is 33.3 Å². The molecule has 0 spiro atoms. The van der Waals surface area contributed by atoms with Crippen LogP contribution in [0.4, 0.5) is 10.2 Å². The number of hydrogen-bond donors (Lipinski definition) is 2. The number of phenolic OH excluding ortho intramolecular Hbond substituents is 1. The van der Waals surface area contributed by atoms with Crippen LogP contribution in [0.15, 0.2) is 60.8 Å². The molecule has 4 rings (SSSR count). The van der Waals surface area contributed by atoms with Crippen LogP contribution in [0.5, 0.6) is 5.75 Å². The SMILES string of the molecule is CCn1ccc2cc(-c3ccc(N)nc3-c3cc(F)ccc3O)ccc21. The van der Waals surface area contributed by atoms with Crippen LogP contribution in [0, 0.1) is 5.82 Å². The Bertz CT molecular complexity index is 1120. The number of aromatic hydroxyl groups is 1. The van der Waals surface area contributed by atoms with Crippen LogP contribution in [0.2, 0.25) is 0 Å². The van der Waals surface area contributed by atoms with Crippen molar-refractivity contribution in [3.8, 4) is 28.1 Å². The van der Waals surface area contributed by atoms with E-state index in [-0.39, 0.29) is 5.75 Å². The highest BCUT2D eigenvalue weighted by atomic mass is 19.1. The Hall–Kier alpha value is -3.34. The molecule has 2 aromatic carbocycles. The Labute approximate surface area is 150 Å². The molecule has 0 unspecified atom stereocenters. The molecule has 5 heteroatoms. The molecule has 2 heterocycles. The molecule has 0 saturated carbocycles. The summed E-state index contributed by atoms with van der Waals surface area (Å²) >= 11 is 0. The number of benzene rings is 2. The Kier molecular flexibility index (Phi) is 3.84. The second kappa shape index (κ2) is 6.19. The van der Waals surface area contributed by atoms with Crippen molar-refractivity contribution < 1.29 is 9.50 Å². The molecule has 0 amide bonds. The maximum absolute atomic E-state index is 13.7. The van der Waals surface area contributed by atoms with Crippen molar-refractivity contribution in [1.82, 2.24) is 9.55 Å². The smallest absolute Gasteiger partial charge is 0.125 e. The molecule has 0 aliphatic rings. The molecule has 0 fully saturated rings. The molecule has 3 N–H and O–H groups in total. The first-order valence-corrected chi connectivity index (χ1v) is 8.41. The average molecular weight is 347 g/mol. The Morgan fingerprint density at radius 3 is 2.69 bits per heavy atom. The zero-order valence-corrected chi connectivity index (χ0v) is 14.3. The van der Waals surface area contributed by atoms with Crippen LogP contribution in [0.3, 0.4) is 0 Å². The number of halogens is 1. The maximum atomic E-state index is 13.7. The monoisotopic (exact) mass is 347 g/mol. The number of fused-ring (bicyclic) bond motifs is 1. The predicted molar refractivity (Wildman–Crippen MR) is 102 cm³/mol. The minimum absolute atomic E-state index is 0.0380. The van der Waals surface area contributed by atoms with Crippen molar-refractivity contribution >= 4 is 16.7 Å². The first-order valence-electron chi connectivity index (χ1n) is 8.41. The van der Waals surface area contributed by atoms with Crippen LogP contribution >= 0.6 is 0 Å². The van der Waals surface area contributed by atoms with Gasteiger partial charge in [-0.25, -0.2) is 9.37 Å². The number of phenols is 1. The van der Waals surface area contributed by atoms with E-state index in [1.807, 2.05) is 12.1 Å². The third kappa shape index (κ3) is 2.67. The summed E-state index contributed by atoms with van der Waals surface area (Å²) in [5, 5.41) is 11.3. The number of nitrogens with two attached hydrogens (primary N) is 1. The number of aryl methyl sites for hydroxylation is 1. The van der Waals surface area contributed by atoms with Crippen molar-refractivity contribution in [3.05, 3.63) is 66.6 Å². The van der Waals surface area contributed by atoms with Gasteiger partial charge in [0.05, 0.1) is 5.69 Å². The lowest BCUT2D eigenvalue weighted by Gasteiger charge is -2.12. The number of rotatable bonds is 3. The molecule has 4 aromatic rings. The van der Waals surface area contributed by atoms with Gasteiger partial charge in [0.15, 0.2) is 0 Å². The van der Waals surface area contributed by atoms with E-state index in [0.29, 0.717) is 17.1 Å². The summed E-state index contributed by atoms with van der Waals surface area (Å²) in [5.74, 6) is -0.168. The summed E-state index contributed by atoms with van der Waals surface area (Å²) in [6.45, 7) is 3.00. The Morgan fingerprint density at radius 1 is 1.04 bits per heavy atom. The van der Waals surface area contributed by atoms with E-state index >= 15 is 0 Å². The van der Waals surface area contributed by atoms with E-state index in [1.54, 1.807) is 6.07 Å². The summed E-state index contributed by atoms with van der Waals surface area (Å²) in [6.07, 6.45) is 2.05. The Morgan fingerprint density at radius 2 is 1.88 bits per heavy atom. The molecule has 26 heavy (non-hydrogen) atoms. The van der Waals surface area contributed by atoms with E-state index in [2.05, 4.69) is 40.9 Å². The molecule has 130 valence electrons. The van der Waals surface area contributed by atoms with E-state index < -0.39 is 5.82 Å². The second-order valence-electron chi connectivity index (χ2n) is 6.17. The minimum Gasteiger partial charge on any atom is -0.507 e. The minimum atomic E-state index is -0.441. The number of hydrogen-bond acceptors (Lipinski definition) is 3. The standard InChI is InChI=1S/C21H18FN3O/c1-2-25-10-9-14-11-13(3-6-18(14)25)16-5-8-20(23)24-21(16)17-12-15(22)4-7-19(17)26/h3-12,26H,2H2,1H3,(H2,23,24). The van der Waals surface area contributed by atoms with Crippen molar-refractivity contribution in [2.45, 2.75) is 13.5 Å². The van der Waals surface area contributed by atoms with Crippen molar-refractivity contribution in [2.75, 3.05) is 5.73 Å². The van der Waals surface area contributed by atoms with Gasteiger partial charge < -0.3 is 15.4 Å². The summed E-state index contributed by atoms with van der Waals surface area (Å²) in [7, 11) is 0. The maximum Gasteiger partial charge on any atom is 0.125 e. The van der Waals surface area contributed by atoms with Gasteiger partial charge >= 0.3 is 0 Å². The highest BCUT2D eigenvalue weighted by Crippen LogP contribution is 2.37. The van der Waals surface area contributed by atoms with Gasteiger partial charge in [0.2, 0.25) is 0 Å². The lowest BCUT2D eigenvalue weighted by atomic mass is 9.97. The van der Waals surface area contributed by atoms with Gasteiger partial charge in [-0.1, -0.05) is 6.07 Å². The van der Waals surface area contributed by atoms with Gasteiger partial charge in [0, 0.05) is 34.8 Å². The second-order valence-corrected chi connectivity index (χ2v) is 6.17. The lowest BCUT2D eigenvalue weighted by Crippen LogP contribution is -1.96. The van der Waals surface area contributed by atoms with Gasteiger partial charge in [0.1, 0.15) is 17.4 Å². The van der Waals surface area contributed by atoms with Gasteiger partial charge in [-0.2, -0.15) is 0 Å². The molecule has 0 radical (unpaired) electrons. The van der Waals surface area contributed by atoms with Gasteiger partial charge in [-0.3, -0.25) is 0 Å². The van der Waals surface area contributed by atoms with Gasteiger partial charge in [-0.15, -0.1) is 0 Å². The van der Waals surface area contributed by atoms with Crippen LogP contribution in [-0.2, 0) is 6.54 Å². The Balaban J connectivity index is 1.94. The molecule has 0 aliphatic heterocycles. The molecule has 0 saturated heterocycles. The average Bonchev–Trinajstić information content (AvgIpc) is 3.06. The van der Waals surface area contributed by atoms with Gasteiger partial charge in [-0.05, 0) is 61.0 Å². The van der Waals surface area contributed by atoms with E-state index in [1.165, 1.54) is 18.2 Å². The summed E-state index contributed by atoms with van der Waals surface area (Å²) in [4.78, 5) is 4.37. The first kappa shape index (κ1) is 16.1. The number of nitrogens with zero attached hydrogens (tertiary/aromatic N) is 2. The molecule has 0 bridgehead atoms. The number of nitrogen functional groups attached to an aromatic ring is 1. The quantitative estimate of drug-likeness (QED) is 0.558. The highest BCUT2D eigenvalue weighted by Gasteiger charge is 2.15. The fourth-order valence-corrected chi connectivity index (χ4v) is 3.25. The van der Waals surface area contributed by atoms with Crippen molar-refractivity contribution in [2.24, 2.45) is 0 Å². The van der Waals surface area contributed by atoms with Crippen LogP contribution < -0.4 is 5.73 Å². The first-order chi connectivity index (χ1) is 12.6. The molecule has 0 aliphatic carbocycles. The van der Waals surface area contributed by atoms with Crippen molar-refractivity contribution in [1.29, 1.82) is 0 Å². The van der Waals surface area contributed by atoms with Crippen LogP contribution in [0.1, 0.15) is 6.92 Å². The summed E-state index contributed by atoms with van der Waals surface area (Å²) in [6, 6.07) is 15.5. The van der Waals surface area contributed by atoms with Crippen LogP contribution in [-0.4, -0.2) is 14.7 Å². The molecule has 0 atom stereocenters. The molecular formula is C21H18FN3O. The fourth-order valence-electron chi connectivity index (χ4n) is 3.25. The number of pyridine rings is 1. The summed E-state index contributed by atoms with van der Waals surface area (Å²) in [5.41, 5.74) is 9.49. The lowest BCUT2D eigenvalue weighted by molar-refractivity contribution is 0.475. The number of aromatic nitrogens is 2. The highest BCUT2D eigenvalue weighted by molar-refractivity contribution is 5.90. The normalized spacial score (nSPS) is 11.2. The third-order valence-corrected chi connectivity index (χ3v) is 4.55. The van der Waals surface area contributed by atoms with E-state index in [0.717, 1.165) is 28.6 Å². The predicted octanol–water partition coefficient (Wildman–Crippen LogP) is 4.82.